The lowest BCUT2D eigenvalue weighted by Crippen LogP contribution is -2.49. The summed E-state index contributed by atoms with van der Waals surface area (Å²) in [5.41, 5.74) is 7.95. The first-order chi connectivity index (χ1) is 14.4. The second kappa shape index (κ2) is 8.00. The summed E-state index contributed by atoms with van der Waals surface area (Å²) in [5, 5.41) is 3.01. The predicted molar refractivity (Wildman–Crippen MR) is 110 cm³/mol. The van der Waals surface area contributed by atoms with Crippen LogP contribution in [0.1, 0.15) is 31.4 Å². The van der Waals surface area contributed by atoms with E-state index in [0.29, 0.717) is 18.1 Å². The Kier molecular flexibility index (Phi) is 5.40. The number of nitrogens with one attached hydrogen (secondary N) is 1. The number of fused-ring (bicyclic) bond motifs is 2. The van der Waals surface area contributed by atoms with E-state index >= 15 is 0 Å². The van der Waals surface area contributed by atoms with Crippen LogP contribution >= 0.6 is 0 Å². The topological polar surface area (TPSA) is 99.7 Å². The minimum Gasteiger partial charge on any atom is -0.403 e. The number of halogens is 2. The zero-order valence-electron chi connectivity index (χ0n) is 16.8. The normalized spacial score (nSPS) is 25.7. The van der Waals surface area contributed by atoms with Crippen molar-refractivity contribution in [1.82, 2.24) is 19.8 Å². The summed E-state index contributed by atoms with van der Waals surface area (Å²) >= 11 is 0. The highest BCUT2D eigenvalue weighted by atomic mass is 19.3. The molecule has 2 fully saturated rings. The van der Waals surface area contributed by atoms with E-state index in [4.69, 9.17) is 5.73 Å². The minimum atomic E-state index is -2.78. The molecule has 2 atom stereocenters. The second-order valence-corrected chi connectivity index (χ2v) is 7.81. The van der Waals surface area contributed by atoms with Gasteiger partial charge in [0, 0.05) is 44.7 Å². The van der Waals surface area contributed by atoms with Gasteiger partial charge in [-0.15, -0.1) is 0 Å². The van der Waals surface area contributed by atoms with Crippen molar-refractivity contribution in [2.75, 3.05) is 25.5 Å². The Bertz CT molecular complexity index is 914. The van der Waals surface area contributed by atoms with Crippen LogP contribution < -0.4 is 11.1 Å². The molecule has 1 aromatic heterocycles. The molecule has 3 aliphatic rings. The van der Waals surface area contributed by atoms with Crippen molar-refractivity contribution in [1.29, 1.82) is 0 Å². The smallest absolute Gasteiger partial charge is 0.320 e. The third-order valence-electron chi connectivity index (χ3n) is 5.74. The van der Waals surface area contributed by atoms with Gasteiger partial charge in [0.25, 0.3) is 5.92 Å². The van der Waals surface area contributed by atoms with Gasteiger partial charge in [-0.1, -0.05) is 6.08 Å². The maximum absolute atomic E-state index is 13.6. The van der Waals surface area contributed by atoms with Gasteiger partial charge in [-0.3, -0.25) is 4.99 Å². The van der Waals surface area contributed by atoms with Crippen LogP contribution in [-0.4, -0.2) is 70.2 Å². The Morgan fingerprint density at radius 2 is 2.27 bits per heavy atom. The molecule has 2 unspecified atom stereocenters. The maximum atomic E-state index is 13.6. The highest BCUT2D eigenvalue weighted by Gasteiger charge is 2.46. The number of alkyl halides is 2. The fraction of sp³-hybridized carbons (Fsp3) is 0.500. The van der Waals surface area contributed by atoms with E-state index in [1.54, 1.807) is 24.4 Å². The number of aliphatic imine (C=N–C) groups is 1. The fourth-order valence-corrected chi connectivity index (χ4v) is 4.36. The summed E-state index contributed by atoms with van der Waals surface area (Å²) in [6.45, 7) is -0.380. The number of aromatic nitrogens is 2. The van der Waals surface area contributed by atoms with Crippen LogP contribution in [0.25, 0.3) is 5.57 Å². The number of carbonyl (C=O) groups is 1. The van der Waals surface area contributed by atoms with Crippen LogP contribution in [-0.2, 0) is 0 Å². The zero-order valence-corrected chi connectivity index (χ0v) is 16.8. The number of nitrogens with two attached hydrogens (primary N) is 1. The first-order valence-electron chi connectivity index (χ1n) is 10.0. The first-order valence-corrected chi connectivity index (χ1v) is 10.0. The van der Waals surface area contributed by atoms with Crippen molar-refractivity contribution in [3.63, 3.8) is 0 Å². The van der Waals surface area contributed by atoms with E-state index < -0.39 is 12.5 Å². The van der Waals surface area contributed by atoms with Crippen LogP contribution in [0.3, 0.4) is 0 Å². The largest absolute Gasteiger partial charge is 0.403 e. The van der Waals surface area contributed by atoms with Crippen molar-refractivity contribution in [2.24, 2.45) is 10.7 Å². The Hall–Kier alpha value is -3.04. The lowest BCUT2D eigenvalue weighted by Gasteiger charge is -2.36. The van der Waals surface area contributed by atoms with Crippen molar-refractivity contribution in [2.45, 2.75) is 43.7 Å². The molecule has 4 rings (SSSR count). The van der Waals surface area contributed by atoms with Crippen molar-refractivity contribution < 1.29 is 13.6 Å². The van der Waals surface area contributed by atoms with Gasteiger partial charge in [0.2, 0.25) is 5.95 Å². The monoisotopic (exact) mass is 417 g/mol. The molecule has 2 bridgehead atoms. The predicted octanol–water partition coefficient (Wildman–Crippen LogP) is 2.47. The summed E-state index contributed by atoms with van der Waals surface area (Å²) < 4.78 is 27.1. The molecule has 3 aliphatic heterocycles. The van der Waals surface area contributed by atoms with Gasteiger partial charge >= 0.3 is 6.03 Å². The average Bonchev–Trinajstić information content (AvgIpc) is 3.22. The van der Waals surface area contributed by atoms with Crippen molar-refractivity contribution in [3.8, 4) is 0 Å². The number of urea groups is 1. The second-order valence-electron chi connectivity index (χ2n) is 7.81. The summed E-state index contributed by atoms with van der Waals surface area (Å²) in [6, 6.07) is 1.44. The van der Waals surface area contributed by atoms with Gasteiger partial charge in [-0.05, 0) is 30.9 Å². The molecular formula is C20H25F2N7O. The van der Waals surface area contributed by atoms with Crippen LogP contribution in [0.15, 0.2) is 35.2 Å². The molecule has 0 aliphatic carbocycles. The number of nitrogens with zero attached hydrogens (tertiary/aromatic N) is 5. The van der Waals surface area contributed by atoms with Gasteiger partial charge < -0.3 is 20.9 Å². The van der Waals surface area contributed by atoms with Gasteiger partial charge in [0.05, 0.1) is 24.0 Å². The Labute approximate surface area is 173 Å². The quantitative estimate of drug-likeness (QED) is 0.733. The number of carbonyl (C=O) groups excluding carboxylic acids is 1. The van der Waals surface area contributed by atoms with E-state index in [0.717, 1.165) is 24.1 Å². The molecule has 10 heteroatoms. The van der Waals surface area contributed by atoms with E-state index in [1.807, 2.05) is 12.1 Å². The van der Waals surface area contributed by atoms with Gasteiger partial charge in [-0.2, -0.15) is 0 Å². The molecule has 0 aromatic carbocycles. The minimum absolute atomic E-state index is 0.00480. The summed E-state index contributed by atoms with van der Waals surface area (Å²) in [7, 11) is 1.64. The number of hydrogen-bond donors (Lipinski definition) is 2. The number of anilines is 1. The molecule has 2 amide bonds. The van der Waals surface area contributed by atoms with Crippen LogP contribution in [0.2, 0.25) is 0 Å². The van der Waals surface area contributed by atoms with Crippen molar-refractivity contribution >= 4 is 23.8 Å². The molecule has 30 heavy (non-hydrogen) atoms. The van der Waals surface area contributed by atoms with Gasteiger partial charge in [0.15, 0.2) is 0 Å². The molecule has 4 heterocycles. The number of allylic oxidation sites excluding steroid dienone is 1. The molecule has 2 saturated heterocycles. The molecule has 0 spiro atoms. The van der Waals surface area contributed by atoms with Crippen LogP contribution in [0.4, 0.5) is 19.5 Å². The van der Waals surface area contributed by atoms with Crippen molar-refractivity contribution in [3.05, 3.63) is 35.9 Å². The van der Waals surface area contributed by atoms with E-state index in [2.05, 4.69) is 20.3 Å². The zero-order chi connectivity index (χ0) is 21.3. The first kappa shape index (κ1) is 20.2. The Balaban J connectivity index is 1.51. The highest BCUT2D eigenvalue weighted by Crippen LogP contribution is 2.39. The summed E-state index contributed by atoms with van der Waals surface area (Å²) in [6.07, 6.45) is 8.71. The highest BCUT2D eigenvalue weighted by molar-refractivity contribution is 5.82. The van der Waals surface area contributed by atoms with E-state index in [-0.39, 0.29) is 31.1 Å². The lowest BCUT2D eigenvalue weighted by atomic mass is 9.98. The standard InChI is InChI=1S/C20H25F2N7O/c1-24-11-14(10-23)26-18-25-6-4-17(27-18)13-8-15-2-3-16(9-13)29(15)19(30)28-7-5-20(21,22)12-28/h4,6,8,10-11,15-16H,2-3,5,7,9,12,23H2,1H3,(H,25,26,27). The van der Waals surface area contributed by atoms with E-state index in [1.165, 1.54) is 11.1 Å². The lowest BCUT2D eigenvalue weighted by molar-refractivity contribution is 0.0132. The fourth-order valence-electron chi connectivity index (χ4n) is 4.36. The number of hydrogen-bond acceptors (Lipinski definition) is 6. The molecule has 1 aromatic rings. The molecular weight excluding hydrogens is 392 g/mol. The van der Waals surface area contributed by atoms with Gasteiger partial charge in [-0.25, -0.2) is 23.5 Å². The summed E-state index contributed by atoms with van der Waals surface area (Å²) in [4.78, 5) is 28.6. The third kappa shape index (κ3) is 3.99. The van der Waals surface area contributed by atoms with Crippen LogP contribution in [0, 0.1) is 0 Å². The molecule has 0 radical (unpaired) electrons. The molecule has 160 valence electrons. The Morgan fingerprint density at radius 3 is 2.93 bits per heavy atom. The number of rotatable bonds is 4. The maximum Gasteiger partial charge on any atom is 0.320 e. The number of amides is 2. The molecule has 8 nitrogen and oxygen atoms in total. The molecule has 3 N–H and O–H groups in total. The van der Waals surface area contributed by atoms with Gasteiger partial charge in [0.1, 0.15) is 0 Å². The SMILES string of the molecule is CN=CC(=CN)Nc1nccc(C2=CC3CCC(C2)N3C(=O)N2CCC(F)(F)C2)n1. The third-order valence-corrected chi connectivity index (χ3v) is 5.74. The Morgan fingerprint density at radius 1 is 1.43 bits per heavy atom. The molecule has 0 saturated carbocycles. The van der Waals surface area contributed by atoms with Crippen LogP contribution in [0.5, 0.6) is 0 Å². The summed E-state index contributed by atoms with van der Waals surface area (Å²) in [5.74, 6) is -2.38. The van der Waals surface area contributed by atoms with E-state index in [9.17, 15) is 13.6 Å². The average molecular weight is 417 g/mol. The number of likely N-dealkylation sites (tertiary alicyclic amines) is 1.